The van der Waals surface area contributed by atoms with Crippen molar-refractivity contribution in [3.63, 3.8) is 0 Å². The Hall–Kier alpha value is -2.13. The van der Waals surface area contributed by atoms with E-state index in [9.17, 15) is 14.4 Å². The van der Waals surface area contributed by atoms with Crippen LogP contribution in [-0.4, -0.2) is 62.4 Å². The first-order valence-electron chi connectivity index (χ1n) is 8.10. The van der Waals surface area contributed by atoms with Crippen molar-refractivity contribution in [2.24, 2.45) is 0 Å². The van der Waals surface area contributed by atoms with Gasteiger partial charge in [0.05, 0.1) is 32.0 Å². The first-order valence-corrected chi connectivity index (χ1v) is 8.92. The van der Waals surface area contributed by atoms with Crippen molar-refractivity contribution in [3.8, 4) is 0 Å². The van der Waals surface area contributed by atoms with Crippen LogP contribution in [-0.2, 0) is 14.2 Å². The second kappa shape index (κ2) is 8.82. The molecule has 2 heterocycles. The van der Waals surface area contributed by atoms with Crippen LogP contribution in [0.5, 0.6) is 0 Å². The van der Waals surface area contributed by atoms with Crippen LogP contribution in [0, 0.1) is 6.92 Å². The molecule has 1 fully saturated rings. The second-order valence-corrected chi connectivity index (χ2v) is 6.25. The number of esters is 2. The molecule has 0 saturated carbocycles. The first-order chi connectivity index (χ1) is 12.0. The van der Waals surface area contributed by atoms with Gasteiger partial charge in [-0.05, 0) is 26.3 Å². The summed E-state index contributed by atoms with van der Waals surface area (Å²) < 4.78 is 15.3. The fourth-order valence-corrected chi connectivity index (χ4v) is 3.46. The zero-order chi connectivity index (χ0) is 18.4. The van der Waals surface area contributed by atoms with Gasteiger partial charge in [0.25, 0.3) is 0 Å². The highest BCUT2D eigenvalue weighted by Gasteiger charge is 2.28. The lowest BCUT2D eigenvalue weighted by Crippen LogP contribution is -2.43. The van der Waals surface area contributed by atoms with Crippen molar-refractivity contribution < 1.29 is 28.6 Å². The van der Waals surface area contributed by atoms with Crippen molar-refractivity contribution in [2.45, 2.75) is 20.8 Å². The number of thiophene rings is 1. The number of amides is 2. The summed E-state index contributed by atoms with van der Waals surface area (Å²) in [7, 11) is 0. The SMILES string of the molecule is CCOC(=O)c1sc(NC(=O)N2CCOCC2)c(C(=O)OCC)c1C. The van der Waals surface area contributed by atoms with E-state index in [2.05, 4.69) is 5.32 Å². The molecule has 2 rings (SSSR count). The van der Waals surface area contributed by atoms with Gasteiger partial charge in [0, 0.05) is 13.1 Å². The predicted octanol–water partition coefficient (Wildman–Crippen LogP) is 2.27. The van der Waals surface area contributed by atoms with E-state index in [-0.39, 0.29) is 34.7 Å². The zero-order valence-electron chi connectivity index (χ0n) is 14.5. The summed E-state index contributed by atoms with van der Waals surface area (Å²) in [6.07, 6.45) is 0. The third-order valence-electron chi connectivity index (χ3n) is 3.61. The Bertz CT molecular complexity index is 651. The van der Waals surface area contributed by atoms with E-state index in [1.54, 1.807) is 25.7 Å². The van der Waals surface area contributed by atoms with Crippen LogP contribution in [0.3, 0.4) is 0 Å². The lowest BCUT2D eigenvalue weighted by atomic mass is 10.1. The summed E-state index contributed by atoms with van der Waals surface area (Å²) >= 11 is 1.02. The highest BCUT2D eigenvalue weighted by atomic mass is 32.1. The fourth-order valence-electron chi connectivity index (χ4n) is 2.38. The van der Waals surface area contributed by atoms with Crippen molar-refractivity contribution >= 4 is 34.3 Å². The number of anilines is 1. The third-order valence-corrected chi connectivity index (χ3v) is 4.79. The number of nitrogens with zero attached hydrogens (tertiary/aromatic N) is 1. The van der Waals surface area contributed by atoms with Gasteiger partial charge in [-0.1, -0.05) is 0 Å². The Morgan fingerprint density at radius 1 is 1.12 bits per heavy atom. The lowest BCUT2D eigenvalue weighted by Gasteiger charge is -2.26. The number of nitrogens with one attached hydrogen (secondary N) is 1. The number of carbonyl (C=O) groups is 3. The van der Waals surface area contributed by atoms with Crippen LogP contribution in [0.15, 0.2) is 0 Å². The molecule has 138 valence electrons. The Balaban J connectivity index is 2.30. The summed E-state index contributed by atoms with van der Waals surface area (Å²) in [5.74, 6) is -1.11. The van der Waals surface area contributed by atoms with Gasteiger partial charge in [-0.2, -0.15) is 0 Å². The molecule has 0 unspecified atom stereocenters. The zero-order valence-corrected chi connectivity index (χ0v) is 15.4. The molecule has 0 atom stereocenters. The van der Waals surface area contributed by atoms with Gasteiger partial charge < -0.3 is 19.1 Å². The number of morpholine rings is 1. The predicted molar refractivity (Wildman–Crippen MR) is 92.4 cm³/mol. The van der Waals surface area contributed by atoms with E-state index in [1.807, 2.05) is 0 Å². The highest BCUT2D eigenvalue weighted by Crippen LogP contribution is 2.34. The maximum absolute atomic E-state index is 12.4. The molecule has 1 aliphatic heterocycles. The number of carbonyl (C=O) groups excluding carboxylic acids is 3. The largest absolute Gasteiger partial charge is 0.462 e. The Kier molecular flexibility index (Phi) is 6.77. The van der Waals surface area contributed by atoms with Crippen LogP contribution in [0.25, 0.3) is 0 Å². The van der Waals surface area contributed by atoms with Crippen LogP contribution in [0.4, 0.5) is 9.80 Å². The summed E-state index contributed by atoms with van der Waals surface area (Å²) in [6.45, 7) is 7.32. The van der Waals surface area contributed by atoms with Gasteiger partial charge >= 0.3 is 18.0 Å². The van der Waals surface area contributed by atoms with Crippen molar-refractivity contribution in [3.05, 3.63) is 16.0 Å². The summed E-state index contributed by atoms with van der Waals surface area (Å²) in [6, 6.07) is -0.342. The Morgan fingerprint density at radius 3 is 2.32 bits per heavy atom. The number of rotatable bonds is 5. The maximum Gasteiger partial charge on any atom is 0.348 e. The highest BCUT2D eigenvalue weighted by molar-refractivity contribution is 7.18. The van der Waals surface area contributed by atoms with Crippen molar-refractivity contribution in [2.75, 3.05) is 44.8 Å². The molecule has 1 N–H and O–H groups in total. The minimum atomic E-state index is -0.580. The number of hydrogen-bond donors (Lipinski definition) is 1. The van der Waals surface area contributed by atoms with E-state index in [1.165, 1.54) is 0 Å². The normalized spacial score (nSPS) is 14.1. The molecule has 1 aromatic rings. The minimum absolute atomic E-state index is 0.191. The van der Waals surface area contributed by atoms with Gasteiger partial charge in [0.2, 0.25) is 0 Å². The molecule has 9 heteroatoms. The van der Waals surface area contributed by atoms with Gasteiger partial charge in [-0.15, -0.1) is 11.3 Å². The van der Waals surface area contributed by atoms with Crippen molar-refractivity contribution in [1.29, 1.82) is 0 Å². The summed E-state index contributed by atoms with van der Waals surface area (Å²) in [5.41, 5.74) is 0.635. The standard InChI is InChI=1S/C16H22N2O6S/c1-4-23-14(19)11-10(3)12(15(20)24-5-2)25-13(11)17-16(21)18-6-8-22-9-7-18/h4-9H2,1-3H3,(H,17,21). The maximum atomic E-state index is 12.4. The average Bonchev–Trinajstić information content (AvgIpc) is 2.92. The van der Waals surface area contributed by atoms with E-state index in [0.29, 0.717) is 31.9 Å². The van der Waals surface area contributed by atoms with Crippen LogP contribution in [0.1, 0.15) is 39.4 Å². The first kappa shape index (κ1) is 19.2. The summed E-state index contributed by atoms with van der Waals surface area (Å²) in [4.78, 5) is 38.7. The van der Waals surface area contributed by atoms with Gasteiger partial charge in [-0.3, -0.25) is 5.32 Å². The smallest absolute Gasteiger partial charge is 0.348 e. The molecule has 0 bridgehead atoms. The number of hydrogen-bond acceptors (Lipinski definition) is 7. The third kappa shape index (κ3) is 4.49. The number of urea groups is 1. The lowest BCUT2D eigenvalue weighted by molar-refractivity contribution is 0.0526. The Morgan fingerprint density at radius 2 is 1.72 bits per heavy atom. The molecule has 1 aromatic heterocycles. The van der Waals surface area contributed by atoms with E-state index < -0.39 is 11.9 Å². The molecule has 1 saturated heterocycles. The van der Waals surface area contributed by atoms with Crippen LogP contribution >= 0.6 is 11.3 Å². The van der Waals surface area contributed by atoms with Gasteiger partial charge in [-0.25, -0.2) is 14.4 Å². The molecule has 0 spiro atoms. The fraction of sp³-hybridized carbons (Fsp3) is 0.562. The van der Waals surface area contributed by atoms with Crippen molar-refractivity contribution in [1.82, 2.24) is 4.90 Å². The minimum Gasteiger partial charge on any atom is -0.462 e. The molecular weight excluding hydrogens is 348 g/mol. The molecule has 2 amide bonds. The van der Waals surface area contributed by atoms with Gasteiger partial charge in [0.15, 0.2) is 0 Å². The quantitative estimate of drug-likeness (QED) is 0.799. The molecule has 0 aromatic carbocycles. The molecule has 0 radical (unpaired) electrons. The molecular formula is C16H22N2O6S. The Labute approximate surface area is 150 Å². The van der Waals surface area contributed by atoms with Crippen LogP contribution < -0.4 is 5.32 Å². The summed E-state index contributed by atoms with van der Waals surface area (Å²) in [5, 5.41) is 3.01. The average molecular weight is 370 g/mol. The van der Waals surface area contributed by atoms with E-state index in [4.69, 9.17) is 14.2 Å². The van der Waals surface area contributed by atoms with Crippen LogP contribution in [0.2, 0.25) is 0 Å². The van der Waals surface area contributed by atoms with E-state index >= 15 is 0 Å². The number of ether oxygens (including phenoxy) is 3. The second-order valence-electron chi connectivity index (χ2n) is 5.23. The molecule has 1 aliphatic rings. The van der Waals surface area contributed by atoms with E-state index in [0.717, 1.165) is 11.3 Å². The van der Waals surface area contributed by atoms with Gasteiger partial charge in [0.1, 0.15) is 9.88 Å². The monoisotopic (exact) mass is 370 g/mol. The molecule has 0 aliphatic carbocycles. The molecule has 8 nitrogen and oxygen atoms in total. The topological polar surface area (TPSA) is 94.2 Å². The molecule has 25 heavy (non-hydrogen) atoms.